The van der Waals surface area contributed by atoms with Crippen LogP contribution < -0.4 is 5.32 Å². The summed E-state index contributed by atoms with van der Waals surface area (Å²) < 4.78 is 29.9. The monoisotopic (exact) mass is 532 g/mol. The van der Waals surface area contributed by atoms with Gasteiger partial charge in [-0.2, -0.15) is 0 Å². The molecule has 1 amide bonds. The van der Waals surface area contributed by atoms with Crippen LogP contribution >= 0.6 is 11.8 Å². The van der Waals surface area contributed by atoms with Gasteiger partial charge in [0.2, 0.25) is 10.8 Å². The number of hydrogen-bond donors (Lipinski definition) is 1. The first-order valence-electron chi connectivity index (χ1n) is 11.7. The molecule has 0 radical (unpaired) electrons. The Morgan fingerprint density at radius 2 is 1.97 bits per heavy atom. The van der Waals surface area contributed by atoms with Crippen LogP contribution in [0.1, 0.15) is 32.8 Å². The number of methoxy groups -OCH3 is 1. The van der Waals surface area contributed by atoms with Crippen LogP contribution in [0.5, 0.6) is 0 Å². The number of azide groups is 1. The molecule has 0 saturated carbocycles. The van der Waals surface area contributed by atoms with Crippen molar-refractivity contribution in [2.75, 3.05) is 20.3 Å². The first-order valence-corrected chi connectivity index (χ1v) is 12.6. The minimum Gasteiger partial charge on any atom is -0.466 e. The predicted octanol–water partition coefficient (Wildman–Crippen LogP) is 3.10. The summed E-state index contributed by atoms with van der Waals surface area (Å²) in [5, 5.41) is 6.54. The van der Waals surface area contributed by atoms with E-state index >= 15 is 0 Å². The van der Waals surface area contributed by atoms with Gasteiger partial charge in [-0.05, 0) is 38.4 Å². The van der Waals surface area contributed by atoms with Crippen LogP contribution in [-0.4, -0.2) is 73.3 Å². The van der Waals surface area contributed by atoms with Crippen molar-refractivity contribution in [3.8, 4) is 12.3 Å². The van der Waals surface area contributed by atoms with Crippen LogP contribution in [-0.2, 0) is 33.3 Å². The van der Waals surface area contributed by atoms with E-state index in [1.165, 1.54) is 25.8 Å². The molecule has 0 unspecified atom stereocenters. The normalized spacial score (nSPS) is 30.5. The molecule has 11 nitrogen and oxygen atoms in total. The van der Waals surface area contributed by atoms with Gasteiger partial charge in [-0.25, -0.2) is 4.79 Å². The van der Waals surface area contributed by atoms with Crippen molar-refractivity contribution in [3.63, 3.8) is 0 Å². The van der Waals surface area contributed by atoms with E-state index in [4.69, 9.17) is 35.6 Å². The van der Waals surface area contributed by atoms with Crippen LogP contribution in [0.2, 0.25) is 0 Å². The molecule has 0 aliphatic carbocycles. The molecule has 1 aromatic rings. The average Bonchev–Trinajstić information content (AvgIpc) is 3.17. The Hall–Kier alpha value is -2.78. The molecule has 1 N–H and O–H groups in total. The summed E-state index contributed by atoms with van der Waals surface area (Å²) in [5.41, 5.74) is 9.96. The number of hydrogen-bond acceptors (Lipinski definition) is 9. The minimum absolute atomic E-state index is 0.0271. The molecule has 0 bridgehead atoms. The summed E-state index contributed by atoms with van der Waals surface area (Å²) in [6.45, 7) is 6.65. The highest BCUT2D eigenvalue weighted by atomic mass is 32.2. The van der Waals surface area contributed by atoms with E-state index in [1.54, 1.807) is 13.8 Å². The molecule has 12 heteroatoms. The summed E-state index contributed by atoms with van der Waals surface area (Å²) in [4.78, 5) is 27.6. The van der Waals surface area contributed by atoms with Gasteiger partial charge in [-0.3, -0.25) is 4.79 Å². The van der Waals surface area contributed by atoms with E-state index in [-0.39, 0.29) is 25.5 Å². The summed E-state index contributed by atoms with van der Waals surface area (Å²) in [6, 6.07) is 6.84. The Labute approximate surface area is 220 Å². The Bertz CT molecular complexity index is 1070. The molecule has 200 valence electrons. The fourth-order valence-electron chi connectivity index (χ4n) is 4.53. The van der Waals surface area contributed by atoms with Gasteiger partial charge in [-0.15, -0.1) is 6.42 Å². The van der Waals surface area contributed by atoms with Gasteiger partial charge < -0.3 is 29.0 Å². The summed E-state index contributed by atoms with van der Waals surface area (Å²) in [5.74, 6) is 0.419. The van der Waals surface area contributed by atoms with Crippen molar-refractivity contribution in [2.24, 2.45) is 5.11 Å². The maximum Gasteiger partial charge on any atom is 0.349 e. The van der Waals surface area contributed by atoms with Crippen molar-refractivity contribution >= 4 is 23.6 Å². The number of amides is 1. The number of thioether (sulfide) groups is 1. The SMILES string of the molecule is C#CCO[C@H]1C[C@@](Sc2ccc(C)cc2)(C(=O)OC)O[C@@H]([C@@H]2OC(C)(C)O[C@@H]2CN=[N+]=[N-])[C@@H]1NC(C)=O. The predicted molar refractivity (Wildman–Crippen MR) is 135 cm³/mol. The Morgan fingerprint density at radius 1 is 1.27 bits per heavy atom. The molecule has 2 saturated heterocycles. The lowest BCUT2D eigenvalue weighted by molar-refractivity contribution is -0.212. The van der Waals surface area contributed by atoms with E-state index in [0.717, 1.165) is 10.5 Å². The third-order valence-electron chi connectivity index (χ3n) is 5.97. The highest BCUT2D eigenvalue weighted by Crippen LogP contribution is 2.47. The maximum absolute atomic E-state index is 13.4. The smallest absolute Gasteiger partial charge is 0.349 e. The second-order valence-electron chi connectivity index (χ2n) is 9.28. The number of nitrogens with one attached hydrogen (secondary N) is 1. The fraction of sp³-hybridized carbons (Fsp3) is 0.600. The number of terminal acetylenes is 1. The van der Waals surface area contributed by atoms with E-state index in [0.29, 0.717) is 0 Å². The lowest BCUT2D eigenvalue weighted by Gasteiger charge is -2.48. The second-order valence-corrected chi connectivity index (χ2v) is 10.6. The third-order valence-corrected chi connectivity index (χ3v) is 7.24. The molecular formula is C25H32N4O7S. The molecule has 37 heavy (non-hydrogen) atoms. The first kappa shape index (κ1) is 28.8. The molecule has 0 spiro atoms. The van der Waals surface area contributed by atoms with Crippen LogP contribution in [0.4, 0.5) is 0 Å². The molecule has 1 aromatic carbocycles. The van der Waals surface area contributed by atoms with Gasteiger partial charge in [0.1, 0.15) is 18.8 Å². The number of rotatable bonds is 9. The Balaban J connectivity index is 2.11. The number of nitrogens with zero attached hydrogens (tertiary/aromatic N) is 3. The van der Waals surface area contributed by atoms with Crippen molar-refractivity contribution < 1.29 is 33.3 Å². The molecule has 3 rings (SSSR count). The molecule has 2 aliphatic rings. The molecule has 2 aliphatic heterocycles. The van der Waals surface area contributed by atoms with Crippen LogP contribution in [0, 0.1) is 19.3 Å². The number of carbonyl (C=O) groups is 2. The minimum atomic E-state index is -1.57. The number of aryl methyl sites for hydroxylation is 1. The summed E-state index contributed by atoms with van der Waals surface area (Å²) in [7, 11) is 1.28. The highest BCUT2D eigenvalue weighted by Gasteiger charge is 2.59. The standard InChI is InChI=1S/C25H32N4O7S/c1-7-12-33-18-13-25(23(31)32-6,37-17-10-8-15(2)9-11-17)36-22(20(18)28-16(3)30)21-19(14-27-29-26)34-24(4,5)35-21/h1,8-11,18-22H,12-14H2,2-6H3,(H,28,30)/t18-,19+,20+,21+,22+,25+/m0/s1. The molecule has 0 aromatic heterocycles. The number of carbonyl (C=O) groups excluding carboxylic acids is 2. The first-order chi connectivity index (χ1) is 17.5. The lowest BCUT2D eigenvalue weighted by atomic mass is 9.89. The fourth-order valence-corrected chi connectivity index (χ4v) is 5.76. The van der Waals surface area contributed by atoms with Gasteiger partial charge in [0, 0.05) is 23.2 Å². The van der Waals surface area contributed by atoms with Crippen LogP contribution in [0.15, 0.2) is 34.3 Å². The molecule has 2 fully saturated rings. The van der Waals surface area contributed by atoms with Crippen molar-refractivity contribution in [1.82, 2.24) is 5.32 Å². The van der Waals surface area contributed by atoms with Crippen molar-refractivity contribution in [1.29, 1.82) is 0 Å². The zero-order valence-electron chi connectivity index (χ0n) is 21.5. The van der Waals surface area contributed by atoms with Crippen molar-refractivity contribution in [3.05, 3.63) is 40.3 Å². The maximum atomic E-state index is 13.4. The quantitative estimate of drug-likeness (QED) is 0.168. The number of benzene rings is 1. The molecule has 6 atom stereocenters. The van der Waals surface area contributed by atoms with Gasteiger partial charge in [-0.1, -0.05) is 40.5 Å². The summed E-state index contributed by atoms with van der Waals surface area (Å²) in [6.07, 6.45) is 2.23. The van der Waals surface area contributed by atoms with Crippen LogP contribution in [0.25, 0.3) is 10.4 Å². The number of ether oxygens (including phenoxy) is 5. The Morgan fingerprint density at radius 3 is 2.57 bits per heavy atom. The highest BCUT2D eigenvalue weighted by molar-refractivity contribution is 8.01. The molecule has 2 heterocycles. The third kappa shape index (κ3) is 6.96. The van der Waals surface area contributed by atoms with E-state index in [9.17, 15) is 9.59 Å². The average molecular weight is 533 g/mol. The second kappa shape index (κ2) is 12.2. The van der Waals surface area contributed by atoms with E-state index < -0.39 is 47.1 Å². The zero-order chi connectivity index (χ0) is 27.2. The lowest BCUT2D eigenvalue weighted by Crippen LogP contribution is -2.66. The van der Waals surface area contributed by atoms with Gasteiger partial charge in [0.15, 0.2) is 5.79 Å². The molecular weight excluding hydrogens is 500 g/mol. The topological polar surface area (TPSA) is 141 Å². The van der Waals surface area contributed by atoms with Gasteiger partial charge >= 0.3 is 5.97 Å². The Kier molecular flexibility index (Phi) is 9.47. The zero-order valence-corrected chi connectivity index (χ0v) is 22.3. The van der Waals surface area contributed by atoms with Crippen LogP contribution in [0.3, 0.4) is 0 Å². The van der Waals surface area contributed by atoms with Crippen molar-refractivity contribution in [2.45, 2.75) is 80.2 Å². The number of esters is 1. The van der Waals surface area contributed by atoms with Gasteiger partial charge in [0.25, 0.3) is 0 Å². The van der Waals surface area contributed by atoms with E-state index in [1.807, 2.05) is 31.2 Å². The summed E-state index contributed by atoms with van der Waals surface area (Å²) >= 11 is 1.17. The van der Waals surface area contributed by atoms with Gasteiger partial charge in [0.05, 0.1) is 31.9 Å². The van der Waals surface area contributed by atoms with E-state index in [2.05, 4.69) is 21.3 Å². The largest absolute Gasteiger partial charge is 0.466 e.